The molecule has 1 aromatic rings. The van der Waals surface area contributed by atoms with Gasteiger partial charge in [-0.25, -0.2) is 13.2 Å². The molecule has 0 aromatic heterocycles. The fourth-order valence-electron chi connectivity index (χ4n) is 1.65. The molecule has 1 atom stereocenters. The van der Waals surface area contributed by atoms with Gasteiger partial charge in [0.1, 0.15) is 5.75 Å². The highest BCUT2D eigenvalue weighted by molar-refractivity contribution is 7.90. The van der Waals surface area contributed by atoms with E-state index in [0.717, 1.165) is 12.7 Å². The van der Waals surface area contributed by atoms with Gasteiger partial charge in [-0.15, -0.1) is 0 Å². The van der Waals surface area contributed by atoms with Gasteiger partial charge in [-0.1, -0.05) is 13.3 Å². The second kappa shape index (κ2) is 7.28. The minimum atomic E-state index is -3.23. The summed E-state index contributed by atoms with van der Waals surface area (Å²) in [5, 5.41) is 0. The summed E-state index contributed by atoms with van der Waals surface area (Å²) in [5.74, 6) is 0.0467. The SMILES string of the molecule is CCCC(Oc1ccc(S(C)(=O)=O)cc1)C(=O)OCC. The van der Waals surface area contributed by atoms with Crippen LogP contribution in [0.3, 0.4) is 0 Å². The fraction of sp³-hybridized carbons (Fsp3) is 0.500. The first-order valence-corrected chi connectivity index (χ1v) is 8.41. The molecule has 112 valence electrons. The maximum atomic E-state index is 11.7. The van der Waals surface area contributed by atoms with Crippen LogP contribution in [-0.4, -0.2) is 33.4 Å². The highest BCUT2D eigenvalue weighted by Gasteiger charge is 2.20. The Labute approximate surface area is 119 Å². The molecule has 20 heavy (non-hydrogen) atoms. The van der Waals surface area contributed by atoms with Gasteiger partial charge in [-0.05, 0) is 37.6 Å². The molecule has 0 N–H and O–H groups in total. The van der Waals surface area contributed by atoms with Crippen molar-refractivity contribution in [1.29, 1.82) is 0 Å². The van der Waals surface area contributed by atoms with Crippen molar-refractivity contribution in [3.05, 3.63) is 24.3 Å². The van der Waals surface area contributed by atoms with Crippen LogP contribution in [-0.2, 0) is 19.4 Å². The summed E-state index contributed by atoms with van der Waals surface area (Å²) in [7, 11) is -3.23. The third-order valence-electron chi connectivity index (χ3n) is 2.63. The van der Waals surface area contributed by atoms with Gasteiger partial charge >= 0.3 is 5.97 Å². The van der Waals surface area contributed by atoms with E-state index in [1.165, 1.54) is 24.3 Å². The standard InChI is InChI=1S/C14H20O5S/c1-4-6-13(14(15)18-5-2)19-11-7-9-12(10-8-11)20(3,16)17/h7-10,13H,4-6H2,1-3H3. The number of hydrogen-bond acceptors (Lipinski definition) is 5. The molecule has 0 aliphatic heterocycles. The van der Waals surface area contributed by atoms with Crippen LogP contribution in [0.4, 0.5) is 0 Å². The molecule has 0 aliphatic rings. The minimum Gasteiger partial charge on any atom is -0.479 e. The molecule has 0 heterocycles. The Morgan fingerprint density at radius 2 is 1.80 bits per heavy atom. The largest absolute Gasteiger partial charge is 0.479 e. The lowest BCUT2D eigenvalue weighted by molar-refractivity contribution is -0.151. The molecule has 1 aromatic carbocycles. The maximum Gasteiger partial charge on any atom is 0.347 e. The molecule has 0 spiro atoms. The van der Waals surface area contributed by atoms with Gasteiger partial charge in [-0.3, -0.25) is 0 Å². The number of esters is 1. The second-order valence-corrected chi connectivity index (χ2v) is 6.41. The highest BCUT2D eigenvalue weighted by Crippen LogP contribution is 2.18. The predicted molar refractivity (Wildman–Crippen MR) is 75.5 cm³/mol. The zero-order chi connectivity index (χ0) is 15.2. The summed E-state index contributed by atoms with van der Waals surface area (Å²) in [6, 6.07) is 5.99. The van der Waals surface area contributed by atoms with Gasteiger partial charge < -0.3 is 9.47 Å². The van der Waals surface area contributed by atoms with Gasteiger partial charge in [0.05, 0.1) is 11.5 Å². The zero-order valence-corrected chi connectivity index (χ0v) is 12.8. The molecule has 0 bridgehead atoms. The van der Waals surface area contributed by atoms with Crippen LogP contribution in [0.5, 0.6) is 5.75 Å². The summed E-state index contributed by atoms with van der Waals surface area (Å²) in [6.45, 7) is 3.99. The number of carbonyl (C=O) groups excluding carboxylic acids is 1. The number of hydrogen-bond donors (Lipinski definition) is 0. The van der Waals surface area contributed by atoms with Gasteiger partial charge in [0.2, 0.25) is 0 Å². The van der Waals surface area contributed by atoms with Crippen molar-refractivity contribution in [2.75, 3.05) is 12.9 Å². The van der Waals surface area contributed by atoms with Crippen molar-refractivity contribution in [3.63, 3.8) is 0 Å². The third-order valence-corrected chi connectivity index (χ3v) is 3.76. The van der Waals surface area contributed by atoms with Crippen LogP contribution in [0.1, 0.15) is 26.7 Å². The smallest absolute Gasteiger partial charge is 0.347 e. The first kappa shape index (κ1) is 16.5. The Hall–Kier alpha value is -1.56. The molecular formula is C14H20O5S. The Morgan fingerprint density at radius 3 is 2.25 bits per heavy atom. The van der Waals surface area contributed by atoms with Gasteiger partial charge in [-0.2, -0.15) is 0 Å². The van der Waals surface area contributed by atoms with E-state index in [1.807, 2.05) is 6.92 Å². The lowest BCUT2D eigenvalue weighted by Gasteiger charge is -2.17. The lowest BCUT2D eigenvalue weighted by Crippen LogP contribution is -2.29. The van der Waals surface area contributed by atoms with Crippen molar-refractivity contribution in [2.24, 2.45) is 0 Å². The zero-order valence-electron chi connectivity index (χ0n) is 12.0. The molecule has 0 saturated heterocycles. The van der Waals surface area contributed by atoms with Crippen molar-refractivity contribution < 1.29 is 22.7 Å². The number of rotatable bonds is 7. The number of benzene rings is 1. The monoisotopic (exact) mass is 300 g/mol. The lowest BCUT2D eigenvalue weighted by atomic mass is 10.2. The average Bonchev–Trinajstić information content (AvgIpc) is 2.38. The van der Waals surface area contributed by atoms with Crippen LogP contribution in [0, 0.1) is 0 Å². The van der Waals surface area contributed by atoms with Crippen LogP contribution >= 0.6 is 0 Å². The molecular weight excluding hydrogens is 280 g/mol. The topological polar surface area (TPSA) is 69.7 Å². The average molecular weight is 300 g/mol. The van der Waals surface area contributed by atoms with Gasteiger partial charge in [0.25, 0.3) is 0 Å². The van der Waals surface area contributed by atoms with Gasteiger partial charge in [0.15, 0.2) is 15.9 Å². The van der Waals surface area contributed by atoms with Crippen molar-refractivity contribution in [3.8, 4) is 5.75 Å². The van der Waals surface area contributed by atoms with Gasteiger partial charge in [0, 0.05) is 6.26 Å². The minimum absolute atomic E-state index is 0.216. The maximum absolute atomic E-state index is 11.7. The third kappa shape index (κ3) is 4.85. The van der Waals surface area contributed by atoms with E-state index in [0.29, 0.717) is 18.8 Å². The van der Waals surface area contributed by atoms with Crippen molar-refractivity contribution in [2.45, 2.75) is 37.7 Å². The molecule has 0 radical (unpaired) electrons. The summed E-state index contributed by atoms with van der Waals surface area (Å²) in [5.41, 5.74) is 0. The number of carbonyl (C=O) groups is 1. The summed E-state index contributed by atoms with van der Waals surface area (Å²) >= 11 is 0. The molecule has 1 unspecified atom stereocenters. The van der Waals surface area contributed by atoms with Crippen LogP contribution in [0.2, 0.25) is 0 Å². The quantitative estimate of drug-likeness (QED) is 0.722. The predicted octanol–water partition coefficient (Wildman–Crippen LogP) is 2.20. The Balaban J connectivity index is 2.81. The van der Waals surface area contributed by atoms with Crippen LogP contribution in [0.25, 0.3) is 0 Å². The fourth-order valence-corrected chi connectivity index (χ4v) is 2.28. The normalized spacial score (nSPS) is 12.8. The molecule has 0 fully saturated rings. The van der Waals surface area contributed by atoms with E-state index in [9.17, 15) is 13.2 Å². The summed E-state index contributed by atoms with van der Waals surface area (Å²) in [4.78, 5) is 11.9. The van der Waals surface area contributed by atoms with E-state index >= 15 is 0 Å². The highest BCUT2D eigenvalue weighted by atomic mass is 32.2. The van der Waals surface area contributed by atoms with E-state index in [-0.39, 0.29) is 4.90 Å². The van der Waals surface area contributed by atoms with E-state index in [4.69, 9.17) is 9.47 Å². The molecule has 0 saturated carbocycles. The van der Waals surface area contributed by atoms with E-state index in [1.54, 1.807) is 6.92 Å². The Bertz CT molecular complexity index is 533. The summed E-state index contributed by atoms with van der Waals surface area (Å²) in [6.07, 6.45) is 1.81. The number of sulfone groups is 1. The molecule has 0 aliphatic carbocycles. The van der Waals surface area contributed by atoms with Crippen LogP contribution < -0.4 is 4.74 Å². The molecule has 6 heteroatoms. The first-order chi connectivity index (χ1) is 9.38. The van der Waals surface area contributed by atoms with Crippen molar-refractivity contribution in [1.82, 2.24) is 0 Å². The molecule has 1 rings (SSSR count). The van der Waals surface area contributed by atoms with E-state index < -0.39 is 21.9 Å². The Morgan fingerprint density at radius 1 is 1.20 bits per heavy atom. The Kier molecular flexibility index (Phi) is 6.01. The van der Waals surface area contributed by atoms with E-state index in [2.05, 4.69) is 0 Å². The summed E-state index contributed by atoms with van der Waals surface area (Å²) < 4.78 is 33.2. The van der Waals surface area contributed by atoms with Crippen LogP contribution in [0.15, 0.2) is 29.2 Å². The number of ether oxygens (including phenoxy) is 2. The second-order valence-electron chi connectivity index (χ2n) is 4.39. The molecule has 5 nitrogen and oxygen atoms in total. The molecule has 0 amide bonds. The van der Waals surface area contributed by atoms with Crippen molar-refractivity contribution >= 4 is 15.8 Å². The first-order valence-electron chi connectivity index (χ1n) is 6.51.